The topological polar surface area (TPSA) is 61.9 Å². The zero-order valence-electron chi connectivity index (χ0n) is 16.8. The fraction of sp³-hybridized carbons (Fsp3) is 0.391. The van der Waals surface area contributed by atoms with Crippen molar-refractivity contribution in [3.05, 3.63) is 54.1 Å². The highest BCUT2D eigenvalue weighted by Gasteiger charge is 2.35. The Kier molecular flexibility index (Phi) is 5.81. The Morgan fingerprint density at radius 1 is 1.10 bits per heavy atom. The summed E-state index contributed by atoms with van der Waals surface area (Å²) in [5.74, 6) is -0.445. The second kappa shape index (κ2) is 8.66. The molecular formula is C23H27N3O3. The molecule has 1 N–H and O–H groups in total. The summed E-state index contributed by atoms with van der Waals surface area (Å²) in [4.78, 5) is 29.2. The van der Waals surface area contributed by atoms with Crippen LogP contribution in [0.15, 0.2) is 48.5 Å². The highest BCUT2D eigenvalue weighted by Crippen LogP contribution is 2.27. The maximum absolute atomic E-state index is 12.7. The van der Waals surface area contributed by atoms with Crippen molar-refractivity contribution in [1.82, 2.24) is 0 Å². The van der Waals surface area contributed by atoms with Crippen LogP contribution in [0.3, 0.4) is 0 Å². The maximum atomic E-state index is 12.7. The van der Waals surface area contributed by atoms with E-state index >= 15 is 0 Å². The Labute approximate surface area is 171 Å². The summed E-state index contributed by atoms with van der Waals surface area (Å²) in [5, 5.41) is 2.97. The standard InChI is InChI=1S/C23H27N3O3/c1-2-17-4-3-5-21(14-17)26-16-18(15-22(26)27)23(28)24-19-6-8-20(9-7-19)25-10-12-29-13-11-25/h3-9,14,18H,2,10-13,15-16H2,1H3,(H,24,28). The van der Waals surface area contributed by atoms with Gasteiger partial charge in [0.05, 0.1) is 19.1 Å². The van der Waals surface area contributed by atoms with E-state index in [1.807, 2.05) is 42.5 Å². The molecule has 2 aromatic carbocycles. The van der Waals surface area contributed by atoms with Crippen molar-refractivity contribution in [3.8, 4) is 0 Å². The van der Waals surface area contributed by atoms with Gasteiger partial charge in [0.1, 0.15) is 0 Å². The first kappa shape index (κ1) is 19.5. The van der Waals surface area contributed by atoms with E-state index in [1.165, 1.54) is 5.56 Å². The number of morpholine rings is 1. The molecular weight excluding hydrogens is 366 g/mol. The molecule has 0 radical (unpaired) electrons. The van der Waals surface area contributed by atoms with Gasteiger partial charge in [0.15, 0.2) is 0 Å². The van der Waals surface area contributed by atoms with Gasteiger partial charge in [-0.25, -0.2) is 0 Å². The number of amides is 2. The van der Waals surface area contributed by atoms with Gasteiger partial charge in [0, 0.05) is 43.1 Å². The van der Waals surface area contributed by atoms with E-state index in [4.69, 9.17) is 4.74 Å². The predicted octanol–water partition coefficient (Wildman–Crippen LogP) is 3.08. The number of nitrogens with one attached hydrogen (secondary N) is 1. The molecule has 2 amide bonds. The molecule has 29 heavy (non-hydrogen) atoms. The number of nitrogens with zero attached hydrogens (tertiary/aromatic N) is 2. The van der Waals surface area contributed by atoms with Gasteiger partial charge in [0.2, 0.25) is 11.8 Å². The summed E-state index contributed by atoms with van der Waals surface area (Å²) in [7, 11) is 0. The Morgan fingerprint density at radius 3 is 2.59 bits per heavy atom. The first-order valence-corrected chi connectivity index (χ1v) is 10.3. The minimum absolute atomic E-state index is 0.000989. The molecule has 0 spiro atoms. The Balaban J connectivity index is 1.38. The van der Waals surface area contributed by atoms with Gasteiger partial charge in [-0.3, -0.25) is 9.59 Å². The molecule has 2 heterocycles. The summed E-state index contributed by atoms with van der Waals surface area (Å²) in [6, 6.07) is 15.8. The summed E-state index contributed by atoms with van der Waals surface area (Å²) >= 11 is 0. The highest BCUT2D eigenvalue weighted by atomic mass is 16.5. The second-order valence-corrected chi connectivity index (χ2v) is 7.56. The SMILES string of the molecule is CCc1cccc(N2CC(C(=O)Nc3ccc(N4CCOCC4)cc3)CC2=O)c1. The van der Waals surface area contributed by atoms with Crippen LogP contribution in [0.5, 0.6) is 0 Å². The third kappa shape index (κ3) is 4.43. The van der Waals surface area contributed by atoms with Gasteiger partial charge >= 0.3 is 0 Å². The number of anilines is 3. The Bertz CT molecular complexity index is 875. The molecule has 0 aliphatic carbocycles. The largest absolute Gasteiger partial charge is 0.378 e. The van der Waals surface area contributed by atoms with Gasteiger partial charge in [-0.1, -0.05) is 19.1 Å². The summed E-state index contributed by atoms with van der Waals surface area (Å²) < 4.78 is 5.39. The third-order valence-electron chi connectivity index (χ3n) is 5.64. The Morgan fingerprint density at radius 2 is 1.86 bits per heavy atom. The van der Waals surface area contributed by atoms with Gasteiger partial charge in [-0.15, -0.1) is 0 Å². The van der Waals surface area contributed by atoms with Crippen LogP contribution >= 0.6 is 0 Å². The van der Waals surface area contributed by atoms with Crippen LogP contribution in [0.1, 0.15) is 18.9 Å². The van der Waals surface area contributed by atoms with E-state index in [2.05, 4.69) is 23.2 Å². The molecule has 2 aromatic rings. The first-order valence-electron chi connectivity index (χ1n) is 10.3. The zero-order valence-corrected chi connectivity index (χ0v) is 16.8. The zero-order chi connectivity index (χ0) is 20.2. The smallest absolute Gasteiger partial charge is 0.229 e. The number of benzene rings is 2. The molecule has 0 saturated carbocycles. The summed E-state index contributed by atoms with van der Waals surface area (Å²) in [6.45, 7) is 5.75. The molecule has 2 saturated heterocycles. The van der Waals surface area contributed by atoms with Crippen LogP contribution < -0.4 is 15.1 Å². The van der Waals surface area contributed by atoms with Crippen molar-refractivity contribution < 1.29 is 14.3 Å². The average Bonchev–Trinajstić information content (AvgIpc) is 3.17. The van der Waals surface area contributed by atoms with Crippen LogP contribution in [-0.4, -0.2) is 44.7 Å². The molecule has 6 heteroatoms. The number of carbonyl (C=O) groups is 2. The Hall–Kier alpha value is -2.86. The lowest BCUT2D eigenvalue weighted by Gasteiger charge is -2.28. The van der Waals surface area contributed by atoms with Crippen LogP contribution in [0.2, 0.25) is 0 Å². The van der Waals surface area contributed by atoms with E-state index < -0.39 is 0 Å². The number of hydrogen-bond acceptors (Lipinski definition) is 4. The van der Waals surface area contributed by atoms with Gasteiger partial charge in [-0.2, -0.15) is 0 Å². The van der Waals surface area contributed by atoms with Crippen molar-refractivity contribution in [1.29, 1.82) is 0 Å². The molecule has 2 aliphatic heterocycles. The molecule has 4 rings (SSSR count). The number of rotatable bonds is 5. The van der Waals surface area contributed by atoms with Gasteiger partial charge in [0.25, 0.3) is 0 Å². The molecule has 0 aromatic heterocycles. The van der Waals surface area contributed by atoms with Crippen LogP contribution in [-0.2, 0) is 20.7 Å². The highest BCUT2D eigenvalue weighted by molar-refractivity contribution is 6.03. The lowest BCUT2D eigenvalue weighted by molar-refractivity contribution is -0.122. The summed E-state index contributed by atoms with van der Waals surface area (Å²) in [5.41, 5.74) is 3.94. The van der Waals surface area contributed by atoms with E-state index in [-0.39, 0.29) is 24.2 Å². The fourth-order valence-corrected chi connectivity index (χ4v) is 3.90. The number of carbonyl (C=O) groups excluding carboxylic acids is 2. The van der Waals surface area contributed by atoms with Crippen molar-refractivity contribution in [2.45, 2.75) is 19.8 Å². The van der Waals surface area contributed by atoms with Crippen LogP contribution in [0.25, 0.3) is 0 Å². The first-order chi connectivity index (χ1) is 14.1. The van der Waals surface area contributed by atoms with Crippen molar-refractivity contribution in [2.75, 3.05) is 48.0 Å². The van der Waals surface area contributed by atoms with Crippen LogP contribution in [0, 0.1) is 5.92 Å². The second-order valence-electron chi connectivity index (χ2n) is 7.56. The minimum atomic E-state index is -0.341. The molecule has 2 aliphatic rings. The predicted molar refractivity (Wildman–Crippen MR) is 114 cm³/mol. The molecule has 2 fully saturated rings. The van der Waals surface area contributed by atoms with Crippen molar-refractivity contribution in [3.63, 3.8) is 0 Å². The van der Waals surface area contributed by atoms with E-state index in [1.54, 1.807) is 4.90 Å². The van der Waals surface area contributed by atoms with Gasteiger partial charge < -0.3 is 19.9 Å². The monoisotopic (exact) mass is 393 g/mol. The van der Waals surface area contributed by atoms with Crippen molar-refractivity contribution >= 4 is 28.9 Å². The molecule has 1 unspecified atom stereocenters. The van der Waals surface area contributed by atoms with E-state index in [0.717, 1.165) is 49.8 Å². The summed E-state index contributed by atoms with van der Waals surface area (Å²) in [6.07, 6.45) is 1.16. The molecule has 0 bridgehead atoms. The number of aryl methyl sites for hydroxylation is 1. The van der Waals surface area contributed by atoms with Crippen LogP contribution in [0.4, 0.5) is 17.1 Å². The number of hydrogen-bond donors (Lipinski definition) is 1. The third-order valence-corrected chi connectivity index (χ3v) is 5.64. The number of ether oxygens (including phenoxy) is 1. The quantitative estimate of drug-likeness (QED) is 0.848. The van der Waals surface area contributed by atoms with Gasteiger partial charge in [-0.05, 0) is 48.4 Å². The average molecular weight is 393 g/mol. The molecule has 6 nitrogen and oxygen atoms in total. The maximum Gasteiger partial charge on any atom is 0.229 e. The van der Waals surface area contributed by atoms with E-state index in [0.29, 0.717) is 6.54 Å². The normalized spacial score (nSPS) is 19.5. The fourth-order valence-electron chi connectivity index (χ4n) is 3.90. The molecule has 1 atom stereocenters. The minimum Gasteiger partial charge on any atom is -0.378 e. The lowest BCUT2D eigenvalue weighted by Crippen LogP contribution is -2.36. The van der Waals surface area contributed by atoms with E-state index in [9.17, 15) is 9.59 Å². The molecule has 152 valence electrons. The lowest BCUT2D eigenvalue weighted by atomic mass is 10.1. The van der Waals surface area contributed by atoms with Crippen molar-refractivity contribution in [2.24, 2.45) is 5.92 Å².